The highest BCUT2D eigenvalue weighted by Gasteiger charge is 2.04. The fourth-order valence-electron chi connectivity index (χ4n) is 1.42. The van der Waals surface area contributed by atoms with E-state index in [0.29, 0.717) is 6.04 Å². The van der Waals surface area contributed by atoms with Gasteiger partial charge in [0.1, 0.15) is 12.2 Å². The van der Waals surface area contributed by atoms with E-state index in [2.05, 4.69) is 35.8 Å². The quantitative estimate of drug-likeness (QED) is 0.694. The molecule has 0 aliphatic carbocycles. The first kappa shape index (κ1) is 11.9. The highest BCUT2D eigenvalue weighted by atomic mass is 15.3. The zero-order valence-electron chi connectivity index (χ0n) is 9.61. The minimum atomic E-state index is 0.439. The maximum absolute atomic E-state index is 4.23. The van der Waals surface area contributed by atoms with Gasteiger partial charge in [-0.15, -0.1) is 6.58 Å². The predicted octanol–water partition coefficient (Wildman–Crippen LogP) is 1.74. The Balaban J connectivity index is 2.42. The van der Waals surface area contributed by atoms with Gasteiger partial charge < -0.3 is 5.32 Å². The van der Waals surface area contributed by atoms with E-state index in [0.717, 1.165) is 31.8 Å². The molecule has 0 bridgehead atoms. The van der Waals surface area contributed by atoms with Gasteiger partial charge in [0.25, 0.3) is 0 Å². The first-order valence-corrected chi connectivity index (χ1v) is 5.48. The fraction of sp³-hybridized carbons (Fsp3) is 0.636. The molecule has 1 aromatic heterocycles. The van der Waals surface area contributed by atoms with Gasteiger partial charge in [0, 0.05) is 12.6 Å². The molecule has 0 aromatic carbocycles. The summed E-state index contributed by atoms with van der Waals surface area (Å²) in [6, 6.07) is 0.439. The summed E-state index contributed by atoms with van der Waals surface area (Å²) >= 11 is 0. The molecule has 0 fully saturated rings. The van der Waals surface area contributed by atoms with Crippen LogP contribution in [0.4, 0.5) is 0 Å². The van der Waals surface area contributed by atoms with Crippen molar-refractivity contribution in [3.05, 3.63) is 24.8 Å². The average molecular weight is 208 g/mol. The third-order valence-corrected chi connectivity index (χ3v) is 2.26. The Morgan fingerprint density at radius 1 is 1.67 bits per heavy atom. The van der Waals surface area contributed by atoms with Gasteiger partial charge in [-0.2, -0.15) is 5.10 Å². The molecule has 1 aromatic rings. The molecule has 4 heteroatoms. The van der Waals surface area contributed by atoms with Crippen LogP contribution >= 0.6 is 0 Å². The summed E-state index contributed by atoms with van der Waals surface area (Å²) < 4.78 is 1.95. The minimum absolute atomic E-state index is 0.439. The average Bonchev–Trinajstić information content (AvgIpc) is 2.64. The Labute approximate surface area is 91.4 Å². The van der Waals surface area contributed by atoms with E-state index in [1.165, 1.54) is 0 Å². The Morgan fingerprint density at radius 3 is 3.13 bits per heavy atom. The van der Waals surface area contributed by atoms with E-state index in [9.17, 15) is 0 Å². The molecular weight excluding hydrogens is 188 g/mol. The van der Waals surface area contributed by atoms with Crippen molar-refractivity contribution in [2.75, 3.05) is 0 Å². The molecule has 0 aliphatic heterocycles. The number of nitrogens with zero attached hydrogens (tertiary/aromatic N) is 3. The Bertz CT molecular complexity index is 293. The van der Waals surface area contributed by atoms with Crippen LogP contribution in [0.5, 0.6) is 0 Å². The topological polar surface area (TPSA) is 42.7 Å². The maximum Gasteiger partial charge on any atom is 0.140 e. The molecule has 0 spiro atoms. The van der Waals surface area contributed by atoms with Crippen LogP contribution in [0.15, 0.2) is 19.0 Å². The van der Waals surface area contributed by atoms with E-state index in [-0.39, 0.29) is 0 Å². The molecule has 1 unspecified atom stereocenters. The second-order valence-electron chi connectivity index (χ2n) is 3.71. The molecule has 0 aliphatic rings. The van der Waals surface area contributed by atoms with Crippen LogP contribution in [0.1, 0.15) is 32.5 Å². The van der Waals surface area contributed by atoms with Crippen molar-refractivity contribution in [1.82, 2.24) is 20.1 Å². The van der Waals surface area contributed by atoms with E-state index in [1.54, 1.807) is 6.33 Å². The molecule has 0 radical (unpaired) electrons. The van der Waals surface area contributed by atoms with Crippen molar-refractivity contribution in [2.24, 2.45) is 0 Å². The number of hydrogen-bond acceptors (Lipinski definition) is 3. The molecule has 1 rings (SSSR count). The third-order valence-electron chi connectivity index (χ3n) is 2.26. The first-order chi connectivity index (χ1) is 7.27. The lowest BCUT2D eigenvalue weighted by Crippen LogP contribution is -2.26. The van der Waals surface area contributed by atoms with Crippen molar-refractivity contribution >= 4 is 0 Å². The molecule has 0 saturated carbocycles. The van der Waals surface area contributed by atoms with Crippen LogP contribution in [0.25, 0.3) is 0 Å². The lowest BCUT2D eigenvalue weighted by molar-refractivity contribution is 0.501. The number of nitrogens with one attached hydrogen (secondary N) is 1. The monoisotopic (exact) mass is 208 g/mol. The van der Waals surface area contributed by atoms with Crippen molar-refractivity contribution in [3.8, 4) is 0 Å². The van der Waals surface area contributed by atoms with Crippen LogP contribution in [0.2, 0.25) is 0 Å². The summed E-state index contributed by atoms with van der Waals surface area (Å²) in [5.41, 5.74) is 0. The molecular formula is C11H20N4. The molecule has 1 heterocycles. The van der Waals surface area contributed by atoms with E-state index in [4.69, 9.17) is 0 Å². The zero-order valence-corrected chi connectivity index (χ0v) is 9.61. The molecule has 1 N–H and O–H groups in total. The molecule has 4 nitrogen and oxygen atoms in total. The second-order valence-corrected chi connectivity index (χ2v) is 3.71. The van der Waals surface area contributed by atoms with Crippen molar-refractivity contribution in [1.29, 1.82) is 0 Å². The van der Waals surface area contributed by atoms with E-state index in [1.807, 2.05) is 10.8 Å². The lowest BCUT2D eigenvalue weighted by atomic mass is 10.2. The summed E-state index contributed by atoms with van der Waals surface area (Å²) in [4.78, 5) is 4.23. The van der Waals surface area contributed by atoms with Crippen LogP contribution in [-0.2, 0) is 13.1 Å². The predicted molar refractivity (Wildman–Crippen MR) is 61.4 cm³/mol. The molecule has 15 heavy (non-hydrogen) atoms. The van der Waals surface area contributed by atoms with Crippen molar-refractivity contribution in [3.63, 3.8) is 0 Å². The highest BCUT2D eigenvalue weighted by Crippen LogP contribution is 1.98. The first-order valence-electron chi connectivity index (χ1n) is 5.48. The third kappa shape index (κ3) is 3.83. The molecule has 84 valence electrons. The maximum atomic E-state index is 4.23. The van der Waals surface area contributed by atoms with Gasteiger partial charge in [0.2, 0.25) is 0 Å². The van der Waals surface area contributed by atoms with E-state index < -0.39 is 0 Å². The van der Waals surface area contributed by atoms with Gasteiger partial charge in [0.15, 0.2) is 0 Å². The lowest BCUT2D eigenvalue weighted by Gasteiger charge is -2.11. The smallest absolute Gasteiger partial charge is 0.140 e. The summed E-state index contributed by atoms with van der Waals surface area (Å²) in [7, 11) is 0. The molecule has 0 saturated heterocycles. The summed E-state index contributed by atoms with van der Waals surface area (Å²) in [5.74, 6) is 1.01. The standard InChI is InChI=1S/C11H20N4/c1-4-6-10(3)12-8-11-13-9-14-15(11)7-5-2/h4,9-10,12H,1,5-8H2,2-3H3. The van der Waals surface area contributed by atoms with Gasteiger partial charge in [0.05, 0.1) is 6.54 Å². The zero-order chi connectivity index (χ0) is 11.1. The number of hydrogen-bond donors (Lipinski definition) is 1. The largest absolute Gasteiger partial charge is 0.307 e. The summed E-state index contributed by atoms with van der Waals surface area (Å²) in [6.45, 7) is 9.71. The Morgan fingerprint density at radius 2 is 2.47 bits per heavy atom. The van der Waals surface area contributed by atoms with Gasteiger partial charge >= 0.3 is 0 Å². The van der Waals surface area contributed by atoms with Crippen LogP contribution in [-0.4, -0.2) is 20.8 Å². The number of rotatable bonds is 7. The SMILES string of the molecule is C=CCC(C)NCc1ncnn1CCC. The number of aryl methyl sites for hydroxylation is 1. The van der Waals surface area contributed by atoms with Crippen LogP contribution in [0, 0.1) is 0 Å². The highest BCUT2D eigenvalue weighted by molar-refractivity contribution is 4.85. The van der Waals surface area contributed by atoms with Gasteiger partial charge in [-0.25, -0.2) is 9.67 Å². The normalized spacial score (nSPS) is 12.7. The minimum Gasteiger partial charge on any atom is -0.307 e. The number of aromatic nitrogens is 3. The van der Waals surface area contributed by atoms with E-state index >= 15 is 0 Å². The summed E-state index contributed by atoms with van der Waals surface area (Å²) in [6.07, 6.45) is 5.60. The fourth-order valence-corrected chi connectivity index (χ4v) is 1.42. The van der Waals surface area contributed by atoms with Crippen LogP contribution < -0.4 is 5.32 Å². The van der Waals surface area contributed by atoms with Crippen molar-refractivity contribution in [2.45, 2.75) is 45.8 Å². The second kappa shape index (κ2) is 6.35. The molecule has 1 atom stereocenters. The van der Waals surface area contributed by atoms with Crippen molar-refractivity contribution < 1.29 is 0 Å². The summed E-state index contributed by atoms with van der Waals surface area (Å²) in [5, 5.41) is 7.57. The van der Waals surface area contributed by atoms with Crippen LogP contribution in [0.3, 0.4) is 0 Å². The Hall–Kier alpha value is -1.16. The van der Waals surface area contributed by atoms with Gasteiger partial charge in [-0.1, -0.05) is 13.0 Å². The van der Waals surface area contributed by atoms with Gasteiger partial charge in [-0.05, 0) is 19.8 Å². The van der Waals surface area contributed by atoms with Gasteiger partial charge in [-0.3, -0.25) is 0 Å². The molecule has 0 amide bonds. The Kier molecular flexibility index (Phi) is 5.04.